The second-order valence-electron chi connectivity index (χ2n) is 5.28. The van der Waals surface area contributed by atoms with E-state index in [1.54, 1.807) is 12.5 Å². The number of Topliss-reactive ketones (excluding diaryl/α,β-unsaturated/α-hetero) is 2. The van der Waals surface area contributed by atoms with Crippen LogP contribution in [-0.4, -0.2) is 28.6 Å². The van der Waals surface area contributed by atoms with E-state index in [1.165, 1.54) is 40.4 Å². The summed E-state index contributed by atoms with van der Waals surface area (Å²) >= 11 is 2.52. The molecule has 0 saturated heterocycles. The normalized spacial score (nSPS) is 14.1. The van der Waals surface area contributed by atoms with E-state index in [1.807, 2.05) is 30.3 Å². The van der Waals surface area contributed by atoms with Crippen LogP contribution in [0.3, 0.4) is 0 Å². The van der Waals surface area contributed by atoms with Crippen LogP contribution in [-0.2, 0) is 6.54 Å². The van der Waals surface area contributed by atoms with Crippen LogP contribution in [0.1, 0.15) is 26.3 Å². The van der Waals surface area contributed by atoms with Crippen LogP contribution in [0.25, 0.3) is 0 Å². The van der Waals surface area contributed by atoms with Crippen molar-refractivity contribution < 1.29 is 9.59 Å². The highest BCUT2D eigenvalue weighted by Crippen LogP contribution is 2.35. The summed E-state index contributed by atoms with van der Waals surface area (Å²) in [5, 5.41) is 0. The van der Waals surface area contributed by atoms with Crippen LogP contribution in [0.4, 0.5) is 0 Å². The maximum Gasteiger partial charge on any atom is 0.251 e. The van der Waals surface area contributed by atoms with Gasteiger partial charge in [-0.3, -0.25) is 14.4 Å². The number of hydrogen-bond donors (Lipinski definition) is 0. The van der Waals surface area contributed by atoms with Gasteiger partial charge in [-0.15, -0.1) is 23.5 Å². The van der Waals surface area contributed by atoms with E-state index >= 15 is 0 Å². The molecule has 24 heavy (non-hydrogen) atoms. The first-order valence-corrected chi connectivity index (χ1v) is 9.71. The molecule has 1 aromatic carbocycles. The summed E-state index contributed by atoms with van der Waals surface area (Å²) in [6.45, 7) is 0.363. The van der Waals surface area contributed by atoms with Gasteiger partial charge >= 0.3 is 0 Å². The smallest absolute Gasteiger partial charge is 0.251 e. The van der Waals surface area contributed by atoms with Crippen molar-refractivity contribution in [2.75, 3.05) is 12.5 Å². The Balaban J connectivity index is 2.10. The van der Waals surface area contributed by atoms with Crippen molar-refractivity contribution in [2.45, 2.75) is 6.54 Å². The Hall–Kier alpha value is -2.05. The maximum atomic E-state index is 12.7. The van der Waals surface area contributed by atoms with E-state index in [2.05, 4.69) is 0 Å². The maximum absolute atomic E-state index is 12.7. The quantitative estimate of drug-likeness (QED) is 0.841. The predicted molar refractivity (Wildman–Crippen MR) is 99.0 cm³/mol. The minimum atomic E-state index is -0.285. The largest absolute Gasteiger partial charge is 0.310 e. The zero-order chi connectivity index (χ0) is 17.3. The first kappa shape index (κ1) is 16.8. The van der Waals surface area contributed by atoms with Crippen LogP contribution in [0.15, 0.2) is 57.2 Å². The molecule has 0 atom stereocenters. The Kier molecular flexibility index (Phi) is 4.78. The van der Waals surface area contributed by atoms with Crippen molar-refractivity contribution in [3.63, 3.8) is 0 Å². The fourth-order valence-corrected chi connectivity index (χ4v) is 4.31. The average Bonchev–Trinajstić information content (AvgIpc) is 2.60. The highest BCUT2D eigenvalue weighted by molar-refractivity contribution is 8.07. The van der Waals surface area contributed by atoms with Gasteiger partial charge in [0.05, 0.1) is 21.9 Å². The van der Waals surface area contributed by atoms with Crippen LogP contribution in [0.5, 0.6) is 0 Å². The summed E-state index contributed by atoms with van der Waals surface area (Å²) < 4.78 is 1.47. The molecule has 4 nitrogen and oxygen atoms in total. The molecule has 0 fully saturated rings. The second-order valence-corrected chi connectivity index (χ2v) is 6.91. The third kappa shape index (κ3) is 2.87. The number of ketones is 2. The van der Waals surface area contributed by atoms with Gasteiger partial charge in [0, 0.05) is 17.8 Å². The van der Waals surface area contributed by atoms with Gasteiger partial charge in [0.1, 0.15) is 0 Å². The zero-order valence-electron chi connectivity index (χ0n) is 13.2. The number of carbonyl (C=O) groups is 2. The first-order valence-electron chi connectivity index (χ1n) is 7.27. The molecular formula is C18H15NO3S2. The van der Waals surface area contributed by atoms with Crippen molar-refractivity contribution in [1.82, 2.24) is 4.57 Å². The molecule has 0 radical (unpaired) electrons. The molecule has 0 unspecified atom stereocenters. The number of fused-ring (bicyclic) bond motifs is 1. The van der Waals surface area contributed by atoms with Gasteiger partial charge in [0.2, 0.25) is 11.6 Å². The van der Waals surface area contributed by atoms with E-state index < -0.39 is 0 Å². The Morgan fingerprint density at radius 2 is 1.46 bits per heavy atom. The number of pyridine rings is 1. The molecule has 1 aromatic heterocycles. The van der Waals surface area contributed by atoms with E-state index in [4.69, 9.17) is 0 Å². The summed E-state index contributed by atoms with van der Waals surface area (Å²) in [6.07, 6.45) is 5.05. The molecule has 0 aliphatic heterocycles. The molecule has 1 aliphatic rings. The van der Waals surface area contributed by atoms with Gasteiger partial charge < -0.3 is 4.57 Å². The lowest BCUT2D eigenvalue weighted by Gasteiger charge is -2.19. The average molecular weight is 357 g/mol. The van der Waals surface area contributed by atoms with Gasteiger partial charge in [-0.2, -0.15) is 0 Å². The molecular weight excluding hydrogens is 342 g/mol. The van der Waals surface area contributed by atoms with Gasteiger partial charge in [-0.25, -0.2) is 0 Å². The summed E-state index contributed by atoms with van der Waals surface area (Å²) in [7, 11) is 0. The molecule has 0 spiro atoms. The number of allylic oxidation sites excluding steroid dienone is 2. The van der Waals surface area contributed by atoms with Crippen LogP contribution < -0.4 is 5.56 Å². The minimum absolute atomic E-state index is 0.191. The van der Waals surface area contributed by atoms with Crippen molar-refractivity contribution in [3.8, 4) is 0 Å². The zero-order valence-corrected chi connectivity index (χ0v) is 14.9. The highest BCUT2D eigenvalue weighted by atomic mass is 32.2. The van der Waals surface area contributed by atoms with Crippen LogP contribution >= 0.6 is 23.5 Å². The van der Waals surface area contributed by atoms with Crippen LogP contribution in [0, 0.1) is 0 Å². The fourth-order valence-electron chi connectivity index (χ4n) is 2.67. The Morgan fingerprint density at radius 1 is 0.875 bits per heavy atom. The molecule has 1 heterocycles. The summed E-state index contributed by atoms with van der Waals surface area (Å²) in [5.74, 6) is -0.436. The predicted octanol–water partition coefficient (Wildman–Crippen LogP) is 3.21. The lowest BCUT2D eigenvalue weighted by molar-refractivity contribution is 0.0987. The minimum Gasteiger partial charge on any atom is -0.310 e. The summed E-state index contributed by atoms with van der Waals surface area (Å²) in [5.41, 5.74) is 1.18. The van der Waals surface area contributed by atoms with E-state index in [-0.39, 0.29) is 22.7 Å². The number of rotatable bonds is 4. The number of benzene rings is 1. The van der Waals surface area contributed by atoms with Gasteiger partial charge in [0.25, 0.3) is 5.56 Å². The molecule has 0 saturated carbocycles. The van der Waals surface area contributed by atoms with Gasteiger partial charge in [-0.05, 0) is 18.1 Å². The third-order valence-electron chi connectivity index (χ3n) is 3.84. The lowest BCUT2D eigenvalue weighted by atomic mass is 9.96. The Labute approximate surface area is 148 Å². The number of thioether (sulfide) groups is 2. The Morgan fingerprint density at radius 3 is 2.04 bits per heavy atom. The van der Waals surface area contributed by atoms with E-state index in [0.29, 0.717) is 21.9 Å². The van der Waals surface area contributed by atoms with Crippen molar-refractivity contribution in [3.05, 3.63) is 79.4 Å². The Bertz CT molecular complexity index is 914. The van der Waals surface area contributed by atoms with Gasteiger partial charge in [0.15, 0.2) is 0 Å². The van der Waals surface area contributed by atoms with Crippen molar-refractivity contribution in [2.24, 2.45) is 0 Å². The van der Waals surface area contributed by atoms with Crippen molar-refractivity contribution >= 4 is 35.1 Å². The number of hydrogen-bond acceptors (Lipinski definition) is 5. The van der Waals surface area contributed by atoms with E-state index in [9.17, 15) is 14.4 Å². The molecule has 0 amide bonds. The monoisotopic (exact) mass is 357 g/mol. The highest BCUT2D eigenvalue weighted by Gasteiger charge is 2.32. The SMILES string of the molecule is CSC1=C(SC)C(=O)c2cn(Cc3ccccc3)c(=O)cc2C1=O. The van der Waals surface area contributed by atoms with Gasteiger partial charge in [-0.1, -0.05) is 30.3 Å². The molecule has 3 rings (SSSR count). The third-order valence-corrected chi connectivity index (χ3v) is 5.56. The first-order chi connectivity index (χ1) is 11.6. The molecule has 1 aliphatic carbocycles. The van der Waals surface area contributed by atoms with E-state index in [0.717, 1.165) is 5.56 Å². The number of carbonyl (C=O) groups excluding carboxylic acids is 2. The molecule has 2 aromatic rings. The lowest BCUT2D eigenvalue weighted by Crippen LogP contribution is -2.28. The van der Waals surface area contributed by atoms with Crippen molar-refractivity contribution in [1.29, 1.82) is 0 Å². The molecule has 122 valence electrons. The van der Waals surface area contributed by atoms with Crippen LogP contribution in [0.2, 0.25) is 0 Å². The summed E-state index contributed by atoms with van der Waals surface area (Å²) in [6, 6.07) is 10.8. The number of aromatic nitrogens is 1. The second kappa shape index (κ2) is 6.83. The molecule has 6 heteroatoms. The fraction of sp³-hybridized carbons (Fsp3) is 0.167. The summed E-state index contributed by atoms with van der Waals surface area (Å²) in [4.78, 5) is 38.5. The number of nitrogens with zero attached hydrogens (tertiary/aromatic N) is 1. The standard InChI is InChI=1S/C18H15NO3S2/c1-23-17-15(21)12-8-14(20)19(9-11-6-4-3-5-7-11)10-13(12)16(22)18(17)24-2/h3-8,10H,9H2,1-2H3. The molecule has 0 N–H and O–H groups in total. The molecule has 0 bridgehead atoms. The topological polar surface area (TPSA) is 56.1 Å².